The molecule has 130 valence electrons. The number of carboxylic acid groups (broad SMARTS) is 2. The number of carbonyl (C=O) groups is 2. The van der Waals surface area contributed by atoms with Crippen molar-refractivity contribution in [2.45, 2.75) is 51.6 Å². The van der Waals surface area contributed by atoms with Crippen LogP contribution in [0.2, 0.25) is 0 Å². The zero-order chi connectivity index (χ0) is 17.4. The second-order valence-corrected chi connectivity index (χ2v) is 6.79. The highest BCUT2D eigenvalue weighted by molar-refractivity contribution is 5.68. The summed E-state index contributed by atoms with van der Waals surface area (Å²) in [6, 6.07) is 3.70. The molecule has 2 atom stereocenters. The first-order valence-corrected chi connectivity index (χ1v) is 8.51. The number of likely N-dealkylation sites (tertiary alicyclic amines) is 2. The largest absolute Gasteiger partial charge is 0.465 e. The molecule has 2 unspecified atom stereocenters. The Labute approximate surface area is 141 Å². The first kappa shape index (κ1) is 16.6. The molecule has 0 saturated carbocycles. The van der Waals surface area contributed by atoms with Crippen LogP contribution >= 0.6 is 0 Å². The van der Waals surface area contributed by atoms with Crippen LogP contribution in [0.1, 0.15) is 60.0 Å². The summed E-state index contributed by atoms with van der Waals surface area (Å²) < 4.78 is 0. The predicted octanol–water partition coefficient (Wildman–Crippen LogP) is 3.93. The molecule has 6 nitrogen and oxygen atoms in total. The van der Waals surface area contributed by atoms with Crippen LogP contribution in [-0.4, -0.2) is 45.3 Å². The fraction of sp³-hybridized carbons (Fsp3) is 0.556. The summed E-state index contributed by atoms with van der Waals surface area (Å²) in [6.45, 7) is 5.08. The molecule has 2 saturated heterocycles. The topological polar surface area (TPSA) is 81.1 Å². The van der Waals surface area contributed by atoms with Crippen LogP contribution < -0.4 is 0 Å². The van der Waals surface area contributed by atoms with Gasteiger partial charge in [-0.15, -0.1) is 0 Å². The smallest absolute Gasteiger partial charge is 0.407 e. The number of rotatable bonds is 2. The lowest BCUT2D eigenvalue weighted by Crippen LogP contribution is -2.33. The zero-order valence-electron chi connectivity index (χ0n) is 14.2. The van der Waals surface area contributed by atoms with Gasteiger partial charge in [0.25, 0.3) is 0 Å². The van der Waals surface area contributed by atoms with Crippen LogP contribution in [0.25, 0.3) is 0 Å². The Morgan fingerprint density at radius 3 is 1.58 bits per heavy atom. The Kier molecular flexibility index (Phi) is 4.39. The van der Waals surface area contributed by atoms with Crippen molar-refractivity contribution >= 4 is 12.2 Å². The highest BCUT2D eigenvalue weighted by Gasteiger charge is 2.38. The lowest BCUT2D eigenvalue weighted by Gasteiger charge is -2.31. The van der Waals surface area contributed by atoms with E-state index in [9.17, 15) is 19.8 Å². The molecule has 1 aromatic carbocycles. The van der Waals surface area contributed by atoms with E-state index < -0.39 is 12.2 Å². The van der Waals surface area contributed by atoms with Crippen LogP contribution in [0.5, 0.6) is 0 Å². The normalized spacial score (nSPS) is 23.8. The van der Waals surface area contributed by atoms with Gasteiger partial charge in [0.1, 0.15) is 0 Å². The van der Waals surface area contributed by atoms with Crippen molar-refractivity contribution in [1.82, 2.24) is 9.80 Å². The monoisotopic (exact) mass is 332 g/mol. The van der Waals surface area contributed by atoms with Gasteiger partial charge < -0.3 is 20.0 Å². The highest BCUT2D eigenvalue weighted by atomic mass is 16.4. The fourth-order valence-electron chi connectivity index (χ4n) is 4.33. The number of hydrogen-bond acceptors (Lipinski definition) is 2. The van der Waals surface area contributed by atoms with Gasteiger partial charge in [-0.05, 0) is 61.8 Å². The van der Waals surface area contributed by atoms with Crippen LogP contribution in [0.4, 0.5) is 9.59 Å². The van der Waals surface area contributed by atoms with Crippen molar-refractivity contribution in [3.8, 4) is 0 Å². The van der Waals surface area contributed by atoms with Crippen LogP contribution in [0, 0.1) is 13.8 Å². The van der Waals surface area contributed by atoms with E-state index >= 15 is 0 Å². The molecule has 0 radical (unpaired) electrons. The number of amides is 2. The number of aryl methyl sites for hydroxylation is 2. The lowest BCUT2D eigenvalue weighted by atomic mass is 9.86. The molecule has 2 aliphatic heterocycles. The lowest BCUT2D eigenvalue weighted by molar-refractivity contribution is 0.135. The molecule has 0 aromatic heterocycles. The Bertz CT molecular complexity index is 616. The molecule has 2 heterocycles. The first-order chi connectivity index (χ1) is 11.4. The third-order valence-electron chi connectivity index (χ3n) is 5.39. The van der Waals surface area contributed by atoms with Gasteiger partial charge in [-0.2, -0.15) is 0 Å². The van der Waals surface area contributed by atoms with Gasteiger partial charge >= 0.3 is 12.2 Å². The van der Waals surface area contributed by atoms with E-state index in [0.29, 0.717) is 13.1 Å². The molecule has 0 spiro atoms. The van der Waals surface area contributed by atoms with E-state index in [4.69, 9.17) is 0 Å². The highest BCUT2D eigenvalue weighted by Crippen LogP contribution is 2.43. The summed E-state index contributed by atoms with van der Waals surface area (Å²) in [5.74, 6) is 0. The summed E-state index contributed by atoms with van der Waals surface area (Å²) in [5.41, 5.74) is 4.14. The van der Waals surface area contributed by atoms with E-state index in [1.54, 1.807) is 0 Å². The quantitative estimate of drug-likeness (QED) is 0.859. The van der Waals surface area contributed by atoms with Crippen LogP contribution in [0.15, 0.2) is 12.1 Å². The van der Waals surface area contributed by atoms with Crippen molar-refractivity contribution in [1.29, 1.82) is 0 Å². The molecular weight excluding hydrogens is 308 g/mol. The van der Waals surface area contributed by atoms with Gasteiger partial charge in [-0.25, -0.2) is 9.59 Å². The maximum absolute atomic E-state index is 11.6. The van der Waals surface area contributed by atoms with E-state index in [0.717, 1.165) is 47.9 Å². The second-order valence-electron chi connectivity index (χ2n) is 6.79. The van der Waals surface area contributed by atoms with Gasteiger partial charge in [-0.1, -0.05) is 12.1 Å². The Hall–Kier alpha value is -2.24. The van der Waals surface area contributed by atoms with Crippen molar-refractivity contribution in [2.75, 3.05) is 13.1 Å². The molecule has 2 aliphatic rings. The van der Waals surface area contributed by atoms with Crippen molar-refractivity contribution in [2.24, 2.45) is 0 Å². The molecule has 2 fully saturated rings. The molecule has 24 heavy (non-hydrogen) atoms. The van der Waals surface area contributed by atoms with Crippen molar-refractivity contribution < 1.29 is 19.8 Å². The van der Waals surface area contributed by atoms with Gasteiger partial charge in [0.05, 0.1) is 12.1 Å². The summed E-state index contributed by atoms with van der Waals surface area (Å²) in [4.78, 5) is 26.2. The van der Waals surface area contributed by atoms with Gasteiger partial charge in [0.15, 0.2) is 0 Å². The van der Waals surface area contributed by atoms with E-state index in [-0.39, 0.29) is 12.1 Å². The Morgan fingerprint density at radius 1 is 0.875 bits per heavy atom. The first-order valence-electron chi connectivity index (χ1n) is 8.51. The minimum absolute atomic E-state index is 0.173. The molecule has 2 N–H and O–H groups in total. The van der Waals surface area contributed by atoms with E-state index in [1.807, 2.05) is 26.0 Å². The summed E-state index contributed by atoms with van der Waals surface area (Å²) in [7, 11) is 0. The van der Waals surface area contributed by atoms with E-state index in [1.165, 1.54) is 9.80 Å². The van der Waals surface area contributed by atoms with Crippen LogP contribution in [0.3, 0.4) is 0 Å². The van der Waals surface area contributed by atoms with Crippen molar-refractivity contribution in [3.63, 3.8) is 0 Å². The minimum atomic E-state index is -0.897. The molecule has 6 heteroatoms. The number of benzene rings is 1. The second kappa shape index (κ2) is 6.34. The maximum atomic E-state index is 11.6. The third-order valence-corrected chi connectivity index (χ3v) is 5.39. The van der Waals surface area contributed by atoms with Gasteiger partial charge in [0.2, 0.25) is 0 Å². The number of hydrogen-bond donors (Lipinski definition) is 2. The van der Waals surface area contributed by atoms with Crippen molar-refractivity contribution in [3.05, 3.63) is 34.4 Å². The average molecular weight is 332 g/mol. The molecular formula is C18H24N2O4. The average Bonchev–Trinajstić information content (AvgIpc) is 3.17. The predicted molar refractivity (Wildman–Crippen MR) is 89.3 cm³/mol. The minimum Gasteiger partial charge on any atom is -0.465 e. The SMILES string of the molecule is Cc1ccc(C)c(C2CCCN2C(=O)O)c1C1CCCN1C(=O)O. The molecule has 0 aliphatic carbocycles. The van der Waals surface area contributed by atoms with E-state index in [2.05, 4.69) is 0 Å². The molecule has 0 bridgehead atoms. The molecule has 1 aromatic rings. The molecule has 2 amide bonds. The maximum Gasteiger partial charge on any atom is 0.407 e. The summed E-state index contributed by atoms with van der Waals surface area (Å²) in [5, 5.41) is 19.0. The van der Waals surface area contributed by atoms with Gasteiger partial charge in [0, 0.05) is 13.1 Å². The number of nitrogens with zero attached hydrogens (tertiary/aromatic N) is 2. The molecule has 3 rings (SSSR count). The summed E-state index contributed by atoms with van der Waals surface area (Å²) in [6.07, 6.45) is 1.48. The Balaban J connectivity index is 2.11. The van der Waals surface area contributed by atoms with Gasteiger partial charge in [-0.3, -0.25) is 0 Å². The third kappa shape index (κ3) is 2.70. The summed E-state index contributed by atoms with van der Waals surface area (Å²) >= 11 is 0. The Morgan fingerprint density at radius 2 is 1.25 bits per heavy atom. The zero-order valence-corrected chi connectivity index (χ0v) is 14.2. The van der Waals surface area contributed by atoms with Crippen LogP contribution in [-0.2, 0) is 0 Å². The standard InChI is InChI=1S/C18H24N2O4/c1-11-7-8-12(2)16(14-6-4-10-20(14)18(23)24)15(11)13-5-3-9-19(13)17(21)22/h7-8,13-14H,3-6,9-10H2,1-2H3,(H,21,22)(H,23,24). The fourth-order valence-corrected chi connectivity index (χ4v) is 4.33.